The number of hydrogen-bond acceptors (Lipinski definition) is 3. The summed E-state index contributed by atoms with van der Waals surface area (Å²) in [6, 6.07) is 7.91. The highest BCUT2D eigenvalue weighted by Gasteiger charge is 2.31. The van der Waals surface area contributed by atoms with Gasteiger partial charge in [0.05, 0.1) is 17.6 Å². The van der Waals surface area contributed by atoms with Gasteiger partial charge in [-0.15, -0.1) is 0 Å². The van der Waals surface area contributed by atoms with E-state index in [2.05, 4.69) is 42.8 Å². The standard InChI is InChI=1S/C18H29BrO3P2/c1-14(2)5-4-6-15(3)11-12-22-18(23-20,24-21)13-16-7-9-17(19)10-8-16/h5,7-10,15,20-21,23-24H,4,6,11-13H2,1-3H3/t15-/m0/s1. The molecule has 0 saturated heterocycles. The molecule has 1 rings (SSSR count). The van der Waals surface area contributed by atoms with Crippen molar-refractivity contribution >= 4 is 33.5 Å². The summed E-state index contributed by atoms with van der Waals surface area (Å²) in [6.07, 6.45) is 5.96. The molecule has 3 atom stereocenters. The minimum atomic E-state index is -0.854. The number of ether oxygens (including phenoxy) is 1. The summed E-state index contributed by atoms with van der Waals surface area (Å²) >= 11 is 3.42. The Bertz CT molecular complexity index is 497. The van der Waals surface area contributed by atoms with E-state index in [1.54, 1.807) is 0 Å². The Morgan fingerprint density at radius 2 is 1.83 bits per heavy atom. The number of benzene rings is 1. The molecule has 0 radical (unpaired) electrons. The Morgan fingerprint density at radius 1 is 1.21 bits per heavy atom. The predicted octanol–water partition coefficient (Wildman–Crippen LogP) is 5.61. The molecule has 0 aliphatic carbocycles. The molecule has 1 aromatic carbocycles. The highest BCUT2D eigenvalue weighted by Crippen LogP contribution is 2.46. The smallest absolute Gasteiger partial charge is 0.152 e. The number of hydrogen-bond donors (Lipinski definition) is 2. The van der Waals surface area contributed by atoms with Gasteiger partial charge in [-0.05, 0) is 56.7 Å². The van der Waals surface area contributed by atoms with Gasteiger partial charge in [0, 0.05) is 17.5 Å². The lowest BCUT2D eigenvalue weighted by Gasteiger charge is -2.30. The van der Waals surface area contributed by atoms with Gasteiger partial charge in [0.2, 0.25) is 0 Å². The summed E-state index contributed by atoms with van der Waals surface area (Å²) in [5.74, 6) is 0.565. The van der Waals surface area contributed by atoms with Crippen LogP contribution in [-0.2, 0) is 11.2 Å². The van der Waals surface area contributed by atoms with Crippen LogP contribution in [0, 0.1) is 5.92 Å². The Hall–Kier alpha value is 0.180. The molecule has 0 heterocycles. The molecule has 1 aromatic rings. The SMILES string of the molecule is CC(C)=CCC[C@H](C)CCOC(Cc1ccc(Br)cc1)(PO)PO. The molecule has 24 heavy (non-hydrogen) atoms. The molecule has 0 saturated carbocycles. The van der Waals surface area contributed by atoms with Crippen LogP contribution in [0.3, 0.4) is 0 Å². The van der Waals surface area contributed by atoms with E-state index in [9.17, 15) is 9.79 Å². The van der Waals surface area contributed by atoms with Gasteiger partial charge >= 0.3 is 0 Å². The molecule has 136 valence electrons. The zero-order valence-corrected chi connectivity index (χ0v) is 18.3. The lowest BCUT2D eigenvalue weighted by atomic mass is 10.0. The first-order chi connectivity index (χ1) is 11.4. The molecule has 0 amide bonds. The summed E-state index contributed by atoms with van der Waals surface area (Å²) in [6.45, 7) is 7.03. The van der Waals surface area contributed by atoms with E-state index < -0.39 is 22.7 Å². The van der Waals surface area contributed by atoms with Crippen molar-refractivity contribution in [1.29, 1.82) is 0 Å². The van der Waals surface area contributed by atoms with Gasteiger partial charge in [0.15, 0.2) is 5.08 Å². The topological polar surface area (TPSA) is 49.7 Å². The van der Waals surface area contributed by atoms with Gasteiger partial charge in [-0.2, -0.15) is 0 Å². The Labute approximate surface area is 158 Å². The molecule has 0 aliphatic rings. The van der Waals surface area contributed by atoms with Crippen molar-refractivity contribution in [3.8, 4) is 0 Å². The van der Waals surface area contributed by atoms with Crippen LogP contribution in [0.2, 0.25) is 0 Å². The molecule has 0 aliphatic heterocycles. The normalized spacial score (nSPS) is 15.9. The quantitative estimate of drug-likeness (QED) is 0.351. The maximum Gasteiger partial charge on any atom is 0.152 e. The highest BCUT2D eigenvalue weighted by molar-refractivity contribution is 9.10. The highest BCUT2D eigenvalue weighted by atomic mass is 79.9. The molecule has 0 bridgehead atoms. The zero-order chi connectivity index (χ0) is 18.0. The maximum atomic E-state index is 9.79. The first-order valence-corrected chi connectivity index (χ1v) is 10.9. The monoisotopic (exact) mass is 434 g/mol. The lowest BCUT2D eigenvalue weighted by molar-refractivity contribution is 0.0657. The number of rotatable bonds is 11. The second-order valence-electron chi connectivity index (χ2n) is 6.45. The average Bonchev–Trinajstić information content (AvgIpc) is 2.55. The Morgan fingerprint density at radius 3 is 2.38 bits per heavy atom. The van der Waals surface area contributed by atoms with Gasteiger partial charge in [0.25, 0.3) is 0 Å². The van der Waals surface area contributed by atoms with E-state index in [4.69, 9.17) is 4.74 Å². The summed E-state index contributed by atoms with van der Waals surface area (Å²) in [4.78, 5) is 19.6. The second kappa shape index (κ2) is 11.7. The maximum absolute atomic E-state index is 9.79. The largest absolute Gasteiger partial charge is 0.374 e. The fourth-order valence-corrected chi connectivity index (χ4v) is 3.71. The van der Waals surface area contributed by atoms with E-state index in [0.29, 0.717) is 18.9 Å². The minimum absolute atomic E-state index is 0.438. The first-order valence-electron chi connectivity index (χ1n) is 8.25. The molecule has 0 spiro atoms. The molecule has 0 fully saturated rings. The van der Waals surface area contributed by atoms with Gasteiger partial charge in [-0.25, -0.2) is 0 Å². The fourth-order valence-electron chi connectivity index (χ4n) is 2.34. The third-order valence-electron chi connectivity index (χ3n) is 3.90. The van der Waals surface area contributed by atoms with Crippen molar-refractivity contribution in [2.45, 2.75) is 51.5 Å². The minimum Gasteiger partial charge on any atom is -0.374 e. The van der Waals surface area contributed by atoms with Gasteiger partial charge in [-0.3, -0.25) is 0 Å². The summed E-state index contributed by atoms with van der Waals surface area (Å²) < 4.78 is 6.97. The molecule has 6 heteroatoms. The van der Waals surface area contributed by atoms with Crippen LogP contribution in [0.15, 0.2) is 40.4 Å². The van der Waals surface area contributed by atoms with E-state index in [1.807, 2.05) is 24.3 Å². The number of allylic oxidation sites excluding steroid dienone is 2. The van der Waals surface area contributed by atoms with E-state index in [1.165, 1.54) is 5.57 Å². The molecule has 2 N–H and O–H groups in total. The second-order valence-corrected chi connectivity index (χ2v) is 9.93. The van der Waals surface area contributed by atoms with Gasteiger partial charge < -0.3 is 14.5 Å². The summed E-state index contributed by atoms with van der Waals surface area (Å²) in [7, 11) is -0.876. The van der Waals surface area contributed by atoms with Crippen molar-refractivity contribution in [3.05, 3.63) is 46.0 Å². The van der Waals surface area contributed by atoms with Crippen molar-refractivity contribution in [2.24, 2.45) is 5.92 Å². The fraction of sp³-hybridized carbons (Fsp3) is 0.556. The van der Waals surface area contributed by atoms with Crippen molar-refractivity contribution < 1.29 is 14.5 Å². The predicted molar refractivity (Wildman–Crippen MR) is 110 cm³/mol. The molecule has 2 unspecified atom stereocenters. The van der Waals surface area contributed by atoms with Crippen LogP contribution in [0.1, 0.15) is 45.6 Å². The van der Waals surface area contributed by atoms with Crippen LogP contribution in [-0.4, -0.2) is 21.5 Å². The summed E-state index contributed by atoms with van der Waals surface area (Å²) in [5.41, 5.74) is 2.41. The van der Waals surface area contributed by atoms with Crippen LogP contribution in [0.4, 0.5) is 0 Å². The van der Waals surface area contributed by atoms with Crippen molar-refractivity contribution in [3.63, 3.8) is 0 Å². The van der Waals surface area contributed by atoms with Crippen molar-refractivity contribution in [2.75, 3.05) is 6.61 Å². The molecular weight excluding hydrogens is 406 g/mol. The molecule has 0 aromatic heterocycles. The average molecular weight is 435 g/mol. The van der Waals surface area contributed by atoms with Gasteiger partial charge in [0.1, 0.15) is 0 Å². The Balaban J connectivity index is 2.49. The van der Waals surface area contributed by atoms with Crippen LogP contribution in [0.5, 0.6) is 0 Å². The molecular formula is C18H29BrO3P2. The summed E-state index contributed by atoms with van der Waals surface area (Å²) in [5, 5.41) is -0.854. The Kier molecular flexibility index (Phi) is 10.9. The van der Waals surface area contributed by atoms with Gasteiger partial charge in [-0.1, -0.05) is 46.6 Å². The van der Waals surface area contributed by atoms with Crippen LogP contribution < -0.4 is 0 Å². The van der Waals surface area contributed by atoms with E-state index >= 15 is 0 Å². The first kappa shape index (κ1) is 22.2. The third kappa shape index (κ3) is 8.52. The zero-order valence-electron chi connectivity index (χ0n) is 14.7. The van der Waals surface area contributed by atoms with E-state index in [0.717, 1.165) is 29.3 Å². The van der Waals surface area contributed by atoms with E-state index in [-0.39, 0.29) is 0 Å². The third-order valence-corrected chi connectivity index (χ3v) is 6.46. The molecule has 3 nitrogen and oxygen atoms in total. The van der Waals surface area contributed by atoms with Crippen LogP contribution in [0.25, 0.3) is 0 Å². The van der Waals surface area contributed by atoms with Crippen LogP contribution >= 0.6 is 33.5 Å². The lowest BCUT2D eigenvalue weighted by Crippen LogP contribution is -2.25. The number of halogens is 1. The van der Waals surface area contributed by atoms with Crippen molar-refractivity contribution in [1.82, 2.24) is 0 Å².